The van der Waals surface area contributed by atoms with E-state index in [2.05, 4.69) is 36.2 Å². The van der Waals surface area contributed by atoms with E-state index in [-0.39, 0.29) is 23.4 Å². The van der Waals surface area contributed by atoms with Crippen LogP contribution in [0.25, 0.3) is 0 Å². The molecule has 0 fully saturated rings. The largest absolute Gasteiger partial charge is 0.346 e. The van der Waals surface area contributed by atoms with Gasteiger partial charge in [0, 0.05) is 17.1 Å². The Balaban J connectivity index is 1.54. The molecule has 1 amide bonds. The Morgan fingerprint density at radius 2 is 1.32 bits per heavy atom. The van der Waals surface area contributed by atoms with Gasteiger partial charge < -0.3 is 25.8 Å². The van der Waals surface area contributed by atoms with Crippen molar-refractivity contribution in [2.24, 2.45) is 0 Å². The van der Waals surface area contributed by atoms with E-state index < -0.39 is 17.5 Å². The number of anilines is 6. The third kappa shape index (κ3) is 7.68. The molecule has 0 saturated heterocycles. The molecule has 0 atom stereocenters. The first-order valence-electron chi connectivity index (χ1n) is 11.9. The summed E-state index contributed by atoms with van der Waals surface area (Å²) in [4.78, 5) is 25.5. The molecule has 1 heterocycles. The number of nitrogens with one attached hydrogen (secondary N) is 4. The summed E-state index contributed by atoms with van der Waals surface area (Å²) in [5, 5.41) is 11.7. The van der Waals surface area contributed by atoms with E-state index in [0.29, 0.717) is 28.9 Å². The van der Waals surface area contributed by atoms with Crippen LogP contribution in [0.5, 0.6) is 0 Å². The number of carbonyl (C=O) groups excluding carboxylic acids is 1. The van der Waals surface area contributed by atoms with Gasteiger partial charge in [-0.05, 0) is 48.5 Å². The Hall–Kier alpha value is -4.64. The summed E-state index contributed by atoms with van der Waals surface area (Å²) in [5.74, 6) is -1.13. The number of carbonyl (C=O) groups is 1. The van der Waals surface area contributed by atoms with Gasteiger partial charge in [-0.1, -0.05) is 24.3 Å². The van der Waals surface area contributed by atoms with Gasteiger partial charge in [-0.15, -0.1) is 0 Å². The molecule has 11 heteroatoms. The second-order valence-electron chi connectivity index (χ2n) is 9.52. The van der Waals surface area contributed by atoms with Crippen molar-refractivity contribution in [3.05, 3.63) is 90.0 Å². The number of likely N-dealkylation sites (N-methyl/N-ethyl adjacent to an activating group) is 1. The maximum absolute atomic E-state index is 14.8. The van der Waals surface area contributed by atoms with Gasteiger partial charge in [-0.3, -0.25) is 4.79 Å². The van der Waals surface area contributed by atoms with E-state index in [1.807, 2.05) is 51.5 Å². The fourth-order valence-corrected chi connectivity index (χ4v) is 3.40. The minimum Gasteiger partial charge on any atom is -0.346 e. The maximum atomic E-state index is 14.8. The highest BCUT2D eigenvalue weighted by Gasteiger charge is 2.15. The van der Waals surface area contributed by atoms with Crippen molar-refractivity contribution in [1.29, 1.82) is 0 Å². The lowest BCUT2D eigenvalue weighted by Gasteiger charge is -2.23. The number of rotatable bonds is 10. The molecule has 196 valence electrons. The van der Waals surface area contributed by atoms with Gasteiger partial charge in [0.15, 0.2) is 0 Å². The monoisotopic (exact) mass is 519 g/mol. The Labute approximate surface area is 219 Å². The fraction of sp³-hybridized carbons (Fsp3) is 0.185. The molecule has 9 nitrogen and oxygen atoms in total. The van der Waals surface area contributed by atoms with Gasteiger partial charge in [0.2, 0.25) is 17.8 Å². The number of hydrogen-bond acceptors (Lipinski definition) is 7. The molecule has 4 aromatic rings. The topological polar surface area (TPSA) is 104 Å². The average Bonchev–Trinajstić information content (AvgIpc) is 2.84. The molecule has 0 unspecified atom stereocenters. The third-order valence-electron chi connectivity index (χ3n) is 5.28. The zero-order chi connectivity index (χ0) is 27.1. The Morgan fingerprint density at radius 3 is 1.89 bits per heavy atom. The van der Waals surface area contributed by atoms with Crippen molar-refractivity contribution in [3.63, 3.8) is 0 Å². The van der Waals surface area contributed by atoms with Gasteiger partial charge in [-0.25, -0.2) is 8.78 Å². The predicted octanol–water partition coefficient (Wildman–Crippen LogP) is 4.82. The second-order valence-corrected chi connectivity index (χ2v) is 9.52. The lowest BCUT2D eigenvalue weighted by molar-refractivity contribution is -0.869. The van der Waals surface area contributed by atoms with Crippen molar-refractivity contribution < 1.29 is 18.1 Å². The molecular formula is C27H29F2N8O+. The quantitative estimate of drug-likeness (QED) is 0.223. The molecule has 0 saturated carbocycles. The van der Waals surface area contributed by atoms with Crippen LogP contribution < -0.4 is 21.3 Å². The predicted molar refractivity (Wildman–Crippen MR) is 144 cm³/mol. The fourth-order valence-electron chi connectivity index (χ4n) is 3.40. The van der Waals surface area contributed by atoms with Crippen LogP contribution in [0.3, 0.4) is 0 Å². The number of quaternary nitrogens is 1. The van der Waals surface area contributed by atoms with Crippen LogP contribution >= 0.6 is 0 Å². The van der Waals surface area contributed by atoms with Crippen molar-refractivity contribution in [2.45, 2.75) is 0 Å². The Morgan fingerprint density at radius 1 is 0.737 bits per heavy atom. The highest BCUT2D eigenvalue weighted by molar-refractivity contribution is 5.94. The van der Waals surface area contributed by atoms with E-state index in [1.165, 1.54) is 24.3 Å². The molecule has 3 aromatic carbocycles. The standard InChI is InChI=1S/C27H28F2N8O/c1-37(2,3)15-14-30-24(38)22-13-12-21(17-23(22)29)33-27-35-25(31-19-9-5-4-6-10-19)34-26(36-27)32-20-11-7-8-18(28)16-20/h4-13,16-17H,14-15H2,1-3H3,(H3-,30,31,32,33,34,35,36,38)/p+1. The molecule has 0 aliphatic heterocycles. The first kappa shape index (κ1) is 26.4. The number of benzene rings is 3. The molecule has 38 heavy (non-hydrogen) atoms. The summed E-state index contributed by atoms with van der Waals surface area (Å²) in [5.41, 5.74) is 1.46. The van der Waals surface area contributed by atoms with E-state index in [4.69, 9.17) is 0 Å². The number of para-hydroxylation sites is 1. The van der Waals surface area contributed by atoms with Crippen LogP contribution in [-0.4, -0.2) is 59.6 Å². The average molecular weight is 520 g/mol. The zero-order valence-electron chi connectivity index (χ0n) is 21.3. The van der Waals surface area contributed by atoms with Crippen LogP contribution in [-0.2, 0) is 0 Å². The second kappa shape index (κ2) is 11.6. The van der Waals surface area contributed by atoms with Gasteiger partial charge in [0.1, 0.15) is 11.6 Å². The molecule has 0 aliphatic rings. The van der Waals surface area contributed by atoms with Gasteiger partial charge in [-0.2, -0.15) is 15.0 Å². The summed E-state index contributed by atoms with van der Waals surface area (Å²) in [6.07, 6.45) is 0. The van der Waals surface area contributed by atoms with Crippen molar-refractivity contribution in [1.82, 2.24) is 20.3 Å². The molecule has 0 bridgehead atoms. The number of hydrogen-bond donors (Lipinski definition) is 4. The molecular weight excluding hydrogens is 490 g/mol. The van der Waals surface area contributed by atoms with Crippen LogP contribution in [0.2, 0.25) is 0 Å². The Kier molecular flexibility index (Phi) is 8.07. The third-order valence-corrected chi connectivity index (χ3v) is 5.28. The zero-order valence-corrected chi connectivity index (χ0v) is 21.3. The molecule has 4 rings (SSSR count). The van der Waals surface area contributed by atoms with Crippen LogP contribution in [0.4, 0.5) is 43.7 Å². The van der Waals surface area contributed by atoms with E-state index in [1.54, 1.807) is 18.2 Å². The summed E-state index contributed by atoms with van der Waals surface area (Å²) in [6.45, 7) is 1.13. The van der Waals surface area contributed by atoms with E-state index in [9.17, 15) is 13.6 Å². The van der Waals surface area contributed by atoms with Crippen molar-refractivity contribution in [2.75, 3.05) is 50.2 Å². The van der Waals surface area contributed by atoms with E-state index >= 15 is 0 Å². The van der Waals surface area contributed by atoms with Crippen LogP contribution in [0.1, 0.15) is 10.4 Å². The molecule has 1 aromatic heterocycles. The minimum atomic E-state index is -0.687. The molecule has 0 radical (unpaired) electrons. The lowest BCUT2D eigenvalue weighted by atomic mass is 10.1. The number of halogens is 2. The SMILES string of the molecule is C[N+](C)(C)CCNC(=O)c1ccc(Nc2nc(Nc3ccccc3)nc(Nc3cccc(F)c3)n2)cc1F. The summed E-state index contributed by atoms with van der Waals surface area (Å²) in [6, 6.07) is 19.3. The minimum absolute atomic E-state index is 0.0625. The van der Waals surface area contributed by atoms with Crippen molar-refractivity contribution >= 4 is 40.8 Å². The number of aromatic nitrogens is 3. The summed E-state index contributed by atoms with van der Waals surface area (Å²) in [7, 11) is 6.02. The van der Waals surface area contributed by atoms with Crippen LogP contribution in [0.15, 0.2) is 72.8 Å². The van der Waals surface area contributed by atoms with Gasteiger partial charge >= 0.3 is 0 Å². The molecule has 4 N–H and O–H groups in total. The van der Waals surface area contributed by atoms with Gasteiger partial charge in [0.05, 0.1) is 39.8 Å². The lowest BCUT2D eigenvalue weighted by Crippen LogP contribution is -2.42. The van der Waals surface area contributed by atoms with Crippen LogP contribution in [0, 0.1) is 11.6 Å². The first-order valence-corrected chi connectivity index (χ1v) is 11.9. The van der Waals surface area contributed by atoms with Gasteiger partial charge in [0.25, 0.3) is 5.91 Å². The summed E-state index contributed by atoms with van der Waals surface area (Å²) < 4.78 is 29.2. The number of amides is 1. The van der Waals surface area contributed by atoms with E-state index in [0.717, 1.165) is 5.69 Å². The molecule has 0 aliphatic carbocycles. The van der Waals surface area contributed by atoms with Crippen molar-refractivity contribution in [3.8, 4) is 0 Å². The maximum Gasteiger partial charge on any atom is 0.254 e. The highest BCUT2D eigenvalue weighted by Crippen LogP contribution is 2.22. The molecule has 0 spiro atoms. The highest BCUT2D eigenvalue weighted by atomic mass is 19.1. The normalized spacial score (nSPS) is 11.1. The number of nitrogens with zero attached hydrogens (tertiary/aromatic N) is 4. The summed E-state index contributed by atoms with van der Waals surface area (Å²) >= 11 is 0. The smallest absolute Gasteiger partial charge is 0.254 e. The Bertz CT molecular complexity index is 1410. The first-order chi connectivity index (χ1) is 18.1.